The zero-order valence-electron chi connectivity index (χ0n) is 10.2. The minimum atomic E-state index is -0.361. The number of carbonyl (C=O) groups excluding carboxylic acids is 1. The van der Waals surface area contributed by atoms with E-state index in [9.17, 15) is 4.79 Å². The number of carbonyl (C=O) groups is 1. The third-order valence-corrected chi connectivity index (χ3v) is 4.51. The second-order valence-electron chi connectivity index (χ2n) is 4.56. The van der Waals surface area contributed by atoms with Crippen LogP contribution in [0.1, 0.15) is 29.3 Å². The molecule has 2 unspecified atom stereocenters. The first-order valence-electron chi connectivity index (χ1n) is 5.85. The van der Waals surface area contributed by atoms with E-state index in [2.05, 4.69) is 12.2 Å². The smallest absolute Gasteiger partial charge is 0.249 e. The van der Waals surface area contributed by atoms with Crippen molar-refractivity contribution >= 4 is 23.4 Å². The van der Waals surface area contributed by atoms with E-state index < -0.39 is 0 Å². The number of rotatable bonds is 3. The molecule has 0 saturated carbocycles. The standard InChI is InChI=1S/C13H18N2OS/c1-8-6-10(7-17-8)15-12-5-3-4-11(9(12)2)13(14)16/h3-5,8,10,15H,6-7H2,1-2H3,(H2,14,16). The SMILES string of the molecule is Cc1c(NC2CSC(C)C2)cccc1C(N)=O. The van der Waals surface area contributed by atoms with Crippen molar-refractivity contribution < 1.29 is 4.79 Å². The lowest BCUT2D eigenvalue weighted by molar-refractivity contribution is 0.1000. The highest BCUT2D eigenvalue weighted by atomic mass is 32.2. The van der Waals surface area contributed by atoms with Gasteiger partial charge in [-0.3, -0.25) is 4.79 Å². The van der Waals surface area contributed by atoms with Crippen LogP contribution in [0.15, 0.2) is 18.2 Å². The Balaban J connectivity index is 2.16. The van der Waals surface area contributed by atoms with Gasteiger partial charge in [0.05, 0.1) is 0 Å². The Morgan fingerprint density at radius 1 is 1.53 bits per heavy atom. The molecular formula is C13H18N2OS. The van der Waals surface area contributed by atoms with E-state index in [1.165, 1.54) is 6.42 Å². The fourth-order valence-corrected chi connectivity index (χ4v) is 3.35. The van der Waals surface area contributed by atoms with Gasteiger partial charge in [0.15, 0.2) is 0 Å². The quantitative estimate of drug-likeness (QED) is 0.866. The van der Waals surface area contributed by atoms with Gasteiger partial charge in [-0.05, 0) is 31.0 Å². The average Bonchev–Trinajstić information content (AvgIpc) is 2.67. The zero-order valence-corrected chi connectivity index (χ0v) is 11.0. The molecule has 2 rings (SSSR count). The van der Waals surface area contributed by atoms with Crippen LogP contribution in [0.4, 0.5) is 5.69 Å². The molecule has 92 valence electrons. The highest BCUT2D eigenvalue weighted by Crippen LogP contribution is 2.29. The van der Waals surface area contributed by atoms with Crippen LogP contribution in [-0.4, -0.2) is 23.0 Å². The van der Waals surface area contributed by atoms with Gasteiger partial charge < -0.3 is 11.1 Å². The Morgan fingerprint density at radius 3 is 2.88 bits per heavy atom. The molecule has 1 fully saturated rings. The van der Waals surface area contributed by atoms with Crippen LogP contribution in [0, 0.1) is 6.92 Å². The predicted octanol–water partition coefficient (Wildman–Crippen LogP) is 2.40. The Hall–Kier alpha value is -1.16. The lowest BCUT2D eigenvalue weighted by Gasteiger charge is -2.16. The van der Waals surface area contributed by atoms with Gasteiger partial charge in [-0.1, -0.05) is 13.0 Å². The molecule has 4 heteroatoms. The number of amides is 1. The number of anilines is 1. The molecule has 0 bridgehead atoms. The van der Waals surface area contributed by atoms with E-state index in [1.54, 1.807) is 6.07 Å². The van der Waals surface area contributed by atoms with E-state index in [4.69, 9.17) is 5.73 Å². The van der Waals surface area contributed by atoms with Gasteiger partial charge in [0.1, 0.15) is 0 Å². The first-order chi connectivity index (χ1) is 8.08. The molecule has 0 radical (unpaired) electrons. The molecule has 1 aromatic carbocycles. The molecule has 1 amide bonds. The fourth-order valence-electron chi connectivity index (χ4n) is 2.20. The van der Waals surface area contributed by atoms with Crippen molar-refractivity contribution in [2.45, 2.75) is 31.6 Å². The zero-order chi connectivity index (χ0) is 12.4. The summed E-state index contributed by atoms with van der Waals surface area (Å²) in [6, 6.07) is 6.16. The summed E-state index contributed by atoms with van der Waals surface area (Å²) in [6.07, 6.45) is 1.17. The molecule has 1 aliphatic heterocycles. The molecule has 3 N–H and O–H groups in total. The topological polar surface area (TPSA) is 55.1 Å². The molecule has 2 atom stereocenters. The van der Waals surface area contributed by atoms with Crippen LogP contribution in [0.3, 0.4) is 0 Å². The maximum absolute atomic E-state index is 11.3. The van der Waals surface area contributed by atoms with Crippen molar-refractivity contribution in [1.82, 2.24) is 0 Å². The third-order valence-electron chi connectivity index (χ3n) is 3.16. The molecule has 1 aromatic rings. The highest BCUT2D eigenvalue weighted by Gasteiger charge is 2.22. The molecule has 0 aromatic heterocycles. The second-order valence-corrected chi connectivity index (χ2v) is 6.03. The van der Waals surface area contributed by atoms with E-state index in [0.29, 0.717) is 16.9 Å². The van der Waals surface area contributed by atoms with Gasteiger partial charge in [0.2, 0.25) is 5.91 Å². The minimum absolute atomic E-state index is 0.361. The average molecular weight is 250 g/mol. The van der Waals surface area contributed by atoms with Crippen molar-refractivity contribution in [2.24, 2.45) is 5.73 Å². The van der Waals surface area contributed by atoms with Crippen LogP contribution in [0.25, 0.3) is 0 Å². The third kappa shape index (κ3) is 2.75. The Labute approximate surface area is 106 Å². The Bertz CT molecular complexity index is 433. The van der Waals surface area contributed by atoms with Crippen LogP contribution in [-0.2, 0) is 0 Å². The van der Waals surface area contributed by atoms with Gasteiger partial charge in [0.25, 0.3) is 0 Å². The van der Waals surface area contributed by atoms with Crippen molar-refractivity contribution in [3.05, 3.63) is 29.3 Å². The van der Waals surface area contributed by atoms with Gasteiger partial charge in [-0.25, -0.2) is 0 Å². The maximum Gasteiger partial charge on any atom is 0.249 e. The normalized spacial score (nSPS) is 23.6. The molecule has 0 aliphatic carbocycles. The van der Waals surface area contributed by atoms with Gasteiger partial charge >= 0.3 is 0 Å². The van der Waals surface area contributed by atoms with Crippen molar-refractivity contribution in [3.63, 3.8) is 0 Å². The number of benzene rings is 1. The monoisotopic (exact) mass is 250 g/mol. The number of nitrogens with one attached hydrogen (secondary N) is 1. The summed E-state index contributed by atoms with van der Waals surface area (Å²) in [5, 5.41) is 4.22. The van der Waals surface area contributed by atoms with Crippen molar-refractivity contribution in [1.29, 1.82) is 0 Å². The summed E-state index contributed by atoms with van der Waals surface area (Å²) in [7, 11) is 0. The minimum Gasteiger partial charge on any atom is -0.381 e. The summed E-state index contributed by atoms with van der Waals surface area (Å²) in [4.78, 5) is 11.3. The lowest BCUT2D eigenvalue weighted by atomic mass is 10.1. The van der Waals surface area contributed by atoms with Crippen LogP contribution in [0.2, 0.25) is 0 Å². The lowest BCUT2D eigenvalue weighted by Crippen LogP contribution is -2.21. The first-order valence-corrected chi connectivity index (χ1v) is 6.90. The van der Waals surface area contributed by atoms with E-state index >= 15 is 0 Å². The number of hydrogen-bond donors (Lipinski definition) is 2. The van der Waals surface area contributed by atoms with E-state index in [1.807, 2.05) is 30.8 Å². The number of thioether (sulfide) groups is 1. The molecule has 1 saturated heterocycles. The van der Waals surface area contributed by atoms with Crippen molar-refractivity contribution in [2.75, 3.05) is 11.1 Å². The highest BCUT2D eigenvalue weighted by molar-refractivity contribution is 8.00. The van der Waals surface area contributed by atoms with Crippen LogP contribution >= 0.6 is 11.8 Å². The number of hydrogen-bond acceptors (Lipinski definition) is 3. The maximum atomic E-state index is 11.3. The summed E-state index contributed by atoms with van der Waals surface area (Å²) in [5.74, 6) is 0.766. The Kier molecular flexibility index (Phi) is 3.62. The summed E-state index contributed by atoms with van der Waals surface area (Å²) >= 11 is 1.99. The summed E-state index contributed by atoms with van der Waals surface area (Å²) < 4.78 is 0. The molecule has 17 heavy (non-hydrogen) atoms. The van der Waals surface area contributed by atoms with Crippen LogP contribution in [0.5, 0.6) is 0 Å². The van der Waals surface area contributed by atoms with Gasteiger partial charge in [-0.15, -0.1) is 0 Å². The molecule has 3 nitrogen and oxygen atoms in total. The van der Waals surface area contributed by atoms with Gasteiger partial charge in [0, 0.05) is 28.3 Å². The molecule has 1 aliphatic rings. The van der Waals surface area contributed by atoms with E-state index in [0.717, 1.165) is 17.0 Å². The molecule has 1 heterocycles. The largest absolute Gasteiger partial charge is 0.381 e. The fraction of sp³-hybridized carbons (Fsp3) is 0.462. The van der Waals surface area contributed by atoms with Crippen LogP contribution < -0.4 is 11.1 Å². The Morgan fingerprint density at radius 2 is 2.29 bits per heavy atom. The number of nitrogens with two attached hydrogens (primary N) is 1. The van der Waals surface area contributed by atoms with Gasteiger partial charge in [-0.2, -0.15) is 11.8 Å². The summed E-state index contributed by atoms with van der Waals surface area (Å²) in [5.41, 5.74) is 7.93. The summed E-state index contributed by atoms with van der Waals surface area (Å²) in [6.45, 7) is 4.19. The van der Waals surface area contributed by atoms with Crippen molar-refractivity contribution in [3.8, 4) is 0 Å². The first kappa shape index (κ1) is 12.3. The number of primary amides is 1. The molecular weight excluding hydrogens is 232 g/mol. The predicted molar refractivity (Wildman–Crippen MR) is 73.6 cm³/mol. The molecule has 0 spiro atoms. The van der Waals surface area contributed by atoms with E-state index in [-0.39, 0.29) is 5.91 Å². The second kappa shape index (κ2) is 5.00.